The first-order chi connectivity index (χ1) is 5.86. The topological polar surface area (TPSA) is 35.5 Å². The number of nitrogens with zero attached hydrogens (tertiary/aromatic N) is 1. The van der Waals surface area contributed by atoms with Gasteiger partial charge in [-0.1, -0.05) is 0 Å². The Kier molecular flexibility index (Phi) is 4.46. The van der Waals surface area contributed by atoms with E-state index >= 15 is 0 Å². The highest BCUT2D eigenvalue weighted by molar-refractivity contribution is 5.85. The molecule has 0 amide bonds. The van der Waals surface area contributed by atoms with Gasteiger partial charge in [0.2, 0.25) is 0 Å². The van der Waals surface area contributed by atoms with Crippen molar-refractivity contribution in [2.24, 2.45) is 0 Å². The smallest absolute Gasteiger partial charge is 0.0679 e. The molecule has 2 aliphatic rings. The van der Waals surface area contributed by atoms with E-state index in [1.165, 1.54) is 19.4 Å². The van der Waals surface area contributed by atoms with Crippen LogP contribution in [-0.2, 0) is 0 Å². The fourth-order valence-electron chi connectivity index (χ4n) is 2.24. The highest BCUT2D eigenvalue weighted by atomic mass is 35.5. The van der Waals surface area contributed by atoms with Crippen molar-refractivity contribution in [2.45, 2.75) is 31.4 Å². The molecule has 0 aromatic heterocycles. The van der Waals surface area contributed by atoms with Crippen LogP contribution in [0.3, 0.4) is 0 Å². The number of likely N-dealkylation sites (tertiary alicyclic amines) is 1. The Morgan fingerprint density at radius 2 is 2.15 bits per heavy atom. The van der Waals surface area contributed by atoms with Gasteiger partial charge in [-0.15, -0.1) is 12.4 Å². The molecular weight excluding hydrogens is 188 g/mol. The number of aliphatic hydroxyl groups is 1. The minimum absolute atomic E-state index is 0. The highest BCUT2D eigenvalue weighted by Gasteiger charge is 2.27. The van der Waals surface area contributed by atoms with Gasteiger partial charge in [-0.3, -0.25) is 4.90 Å². The molecule has 78 valence electrons. The number of rotatable bonds is 1. The van der Waals surface area contributed by atoms with Crippen molar-refractivity contribution in [1.29, 1.82) is 0 Å². The van der Waals surface area contributed by atoms with Crippen LogP contribution in [0.4, 0.5) is 0 Å². The first-order valence-electron chi connectivity index (χ1n) is 4.99. The van der Waals surface area contributed by atoms with Crippen molar-refractivity contribution >= 4 is 12.4 Å². The highest BCUT2D eigenvalue weighted by Crippen LogP contribution is 2.16. The number of halogens is 1. The third-order valence-electron chi connectivity index (χ3n) is 2.98. The van der Waals surface area contributed by atoms with Crippen LogP contribution in [0.15, 0.2) is 0 Å². The van der Waals surface area contributed by atoms with Gasteiger partial charge in [0, 0.05) is 25.7 Å². The molecule has 2 rings (SSSR count). The molecule has 0 bridgehead atoms. The van der Waals surface area contributed by atoms with Crippen molar-refractivity contribution in [3.63, 3.8) is 0 Å². The number of β-amino-alcohol motifs (C(OH)–C–C–N with tert-alkyl or cyclic N) is 1. The lowest BCUT2D eigenvalue weighted by atomic mass is 10.1. The standard InChI is InChI=1S/C9H18N2O.ClH/c12-9-3-5-11(7-9)8-2-1-4-10-6-8;/h8-10,12H,1-7H2;1H/t8?,9-;/m0./s1. The Balaban J connectivity index is 0.000000845. The lowest BCUT2D eigenvalue weighted by Gasteiger charge is -2.31. The van der Waals surface area contributed by atoms with Gasteiger partial charge in [0.25, 0.3) is 0 Å². The van der Waals surface area contributed by atoms with E-state index in [-0.39, 0.29) is 18.5 Å². The minimum Gasteiger partial charge on any atom is -0.392 e. The van der Waals surface area contributed by atoms with E-state index in [1.54, 1.807) is 0 Å². The van der Waals surface area contributed by atoms with Crippen LogP contribution in [0, 0.1) is 0 Å². The second-order valence-electron chi connectivity index (χ2n) is 3.94. The van der Waals surface area contributed by atoms with Crippen molar-refractivity contribution in [3.05, 3.63) is 0 Å². The summed E-state index contributed by atoms with van der Waals surface area (Å²) in [5, 5.41) is 12.8. The first-order valence-corrected chi connectivity index (χ1v) is 4.99. The van der Waals surface area contributed by atoms with Crippen LogP contribution in [0.2, 0.25) is 0 Å². The summed E-state index contributed by atoms with van der Waals surface area (Å²) in [6.45, 7) is 4.28. The normalized spacial score (nSPS) is 35.8. The van der Waals surface area contributed by atoms with Gasteiger partial charge in [0.05, 0.1) is 6.10 Å². The molecular formula is C9H19ClN2O. The average molecular weight is 207 g/mol. The monoisotopic (exact) mass is 206 g/mol. The summed E-state index contributed by atoms with van der Waals surface area (Å²) in [4.78, 5) is 2.43. The van der Waals surface area contributed by atoms with Crippen LogP contribution in [0.1, 0.15) is 19.3 Å². The number of nitrogens with one attached hydrogen (secondary N) is 1. The van der Waals surface area contributed by atoms with Crippen LogP contribution >= 0.6 is 12.4 Å². The maximum absolute atomic E-state index is 9.37. The minimum atomic E-state index is -0.0630. The number of aliphatic hydroxyl groups excluding tert-OH is 1. The Morgan fingerprint density at radius 3 is 2.69 bits per heavy atom. The van der Waals surface area contributed by atoms with E-state index in [2.05, 4.69) is 10.2 Å². The number of piperidine rings is 1. The molecule has 2 saturated heterocycles. The van der Waals surface area contributed by atoms with Crippen molar-refractivity contribution in [3.8, 4) is 0 Å². The molecule has 2 N–H and O–H groups in total. The molecule has 0 aromatic carbocycles. The average Bonchev–Trinajstić information content (AvgIpc) is 2.54. The molecule has 2 fully saturated rings. The summed E-state index contributed by atoms with van der Waals surface area (Å²) in [5.74, 6) is 0. The zero-order valence-electron chi connectivity index (χ0n) is 7.91. The number of hydrogen-bond acceptors (Lipinski definition) is 3. The predicted octanol–water partition coefficient (Wildman–Crippen LogP) is 0.227. The summed E-state index contributed by atoms with van der Waals surface area (Å²) in [5.41, 5.74) is 0. The Bertz CT molecular complexity index is 148. The predicted molar refractivity (Wildman–Crippen MR) is 55.3 cm³/mol. The number of hydrogen-bond donors (Lipinski definition) is 2. The fourth-order valence-corrected chi connectivity index (χ4v) is 2.24. The third-order valence-corrected chi connectivity index (χ3v) is 2.98. The van der Waals surface area contributed by atoms with Gasteiger partial charge in [0.1, 0.15) is 0 Å². The summed E-state index contributed by atoms with van der Waals surface area (Å²) < 4.78 is 0. The maximum atomic E-state index is 9.37. The Morgan fingerprint density at radius 1 is 1.31 bits per heavy atom. The SMILES string of the molecule is Cl.O[C@H]1CCN(C2CCCNC2)C1. The van der Waals surface area contributed by atoms with Gasteiger partial charge in [0.15, 0.2) is 0 Å². The fraction of sp³-hybridized carbons (Fsp3) is 1.00. The molecule has 0 saturated carbocycles. The molecule has 3 nitrogen and oxygen atoms in total. The maximum Gasteiger partial charge on any atom is 0.0679 e. The van der Waals surface area contributed by atoms with Crippen molar-refractivity contribution < 1.29 is 5.11 Å². The van der Waals surface area contributed by atoms with E-state index in [0.29, 0.717) is 6.04 Å². The van der Waals surface area contributed by atoms with E-state index in [4.69, 9.17) is 0 Å². The first kappa shape index (κ1) is 11.2. The van der Waals surface area contributed by atoms with E-state index in [9.17, 15) is 5.11 Å². The summed E-state index contributed by atoms with van der Waals surface area (Å²) in [7, 11) is 0. The lowest BCUT2D eigenvalue weighted by Crippen LogP contribution is -2.45. The second kappa shape index (κ2) is 5.15. The molecule has 0 spiro atoms. The van der Waals surface area contributed by atoms with Crippen LogP contribution in [-0.4, -0.2) is 48.3 Å². The second-order valence-corrected chi connectivity index (χ2v) is 3.94. The van der Waals surface area contributed by atoms with Gasteiger partial charge >= 0.3 is 0 Å². The van der Waals surface area contributed by atoms with Crippen LogP contribution < -0.4 is 5.32 Å². The Labute approximate surface area is 85.9 Å². The third kappa shape index (κ3) is 2.81. The molecule has 0 aromatic rings. The Hall–Kier alpha value is 0.170. The molecule has 1 unspecified atom stereocenters. The van der Waals surface area contributed by atoms with E-state index in [0.717, 1.165) is 26.1 Å². The summed E-state index contributed by atoms with van der Waals surface area (Å²) in [6.07, 6.45) is 3.50. The molecule has 4 heteroatoms. The largest absolute Gasteiger partial charge is 0.392 e. The van der Waals surface area contributed by atoms with E-state index < -0.39 is 0 Å². The molecule has 0 aliphatic carbocycles. The van der Waals surface area contributed by atoms with Crippen molar-refractivity contribution in [1.82, 2.24) is 10.2 Å². The van der Waals surface area contributed by atoms with Crippen LogP contribution in [0.25, 0.3) is 0 Å². The molecule has 13 heavy (non-hydrogen) atoms. The molecule has 2 heterocycles. The van der Waals surface area contributed by atoms with Crippen LogP contribution in [0.5, 0.6) is 0 Å². The van der Waals surface area contributed by atoms with E-state index in [1.807, 2.05) is 0 Å². The lowest BCUT2D eigenvalue weighted by molar-refractivity contribution is 0.147. The molecule has 2 atom stereocenters. The zero-order chi connectivity index (χ0) is 8.39. The zero-order valence-corrected chi connectivity index (χ0v) is 8.72. The molecule has 2 aliphatic heterocycles. The summed E-state index contributed by atoms with van der Waals surface area (Å²) in [6, 6.07) is 0.691. The van der Waals surface area contributed by atoms with Gasteiger partial charge in [-0.2, -0.15) is 0 Å². The molecule has 0 radical (unpaired) electrons. The van der Waals surface area contributed by atoms with Gasteiger partial charge < -0.3 is 10.4 Å². The van der Waals surface area contributed by atoms with Crippen molar-refractivity contribution in [2.75, 3.05) is 26.2 Å². The summed E-state index contributed by atoms with van der Waals surface area (Å²) >= 11 is 0. The quantitative estimate of drug-likeness (QED) is 0.645. The van der Waals surface area contributed by atoms with Gasteiger partial charge in [-0.05, 0) is 25.8 Å². The van der Waals surface area contributed by atoms with Gasteiger partial charge in [-0.25, -0.2) is 0 Å².